The molecule has 11 heteroatoms. The van der Waals surface area contributed by atoms with E-state index in [1.54, 1.807) is 18.2 Å². The van der Waals surface area contributed by atoms with Gasteiger partial charge >= 0.3 is 5.97 Å². The van der Waals surface area contributed by atoms with Crippen LogP contribution in [-0.2, 0) is 26.1 Å². The van der Waals surface area contributed by atoms with Crippen LogP contribution < -0.4 is 5.43 Å². The van der Waals surface area contributed by atoms with Gasteiger partial charge in [0.05, 0.1) is 30.3 Å². The number of ether oxygens (including phenoxy) is 1. The molecule has 1 N–H and O–H groups in total. The number of rotatable bonds is 9. The number of hydrogen-bond acceptors (Lipinski definition) is 6. The SMILES string of the molecule is COC(=O)c1ccc(/C=N\NC(=O)CN(Cc2ccccc2F)S(=O)(=O)c2ccc(Cl)cc2)cc1. The zero-order valence-corrected chi connectivity index (χ0v) is 20.1. The summed E-state index contributed by atoms with van der Waals surface area (Å²) in [7, 11) is -2.90. The van der Waals surface area contributed by atoms with E-state index in [0.29, 0.717) is 16.1 Å². The van der Waals surface area contributed by atoms with Crippen LogP contribution in [0.3, 0.4) is 0 Å². The molecule has 3 rings (SSSR count). The first-order valence-electron chi connectivity index (χ1n) is 10.2. The van der Waals surface area contributed by atoms with Crippen molar-refractivity contribution in [2.75, 3.05) is 13.7 Å². The van der Waals surface area contributed by atoms with E-state index in [2.05, 4.69) is 15.3 Å². The number of methoxy groups -OCH3 is 1. The van der Waals surface area contributed by atoms with Crippen molar-refractivity contribution in [2.24, 2.45) is 5.10 Å². The van der Waals surface area contributed by atoms with Crippen LogP contribution in [-0.4, -0.2) is 44.5 Å². The van der Waals surface area contributed by atoms with Gasteiger partial charge in [0.1, 0.15) is 5.82 Å². The molecule has 8 nitrogen and oxygen atoms in total. The van der Waals surface area contributed by atoms with Gasteiger partial charge in [0, 0.05) is 17.1 Å². The molecular formula is C24H21ClFN3O5S. The minimum absolute atomic E-state index is 0.0970. The molecule has 0 radical (unpaired) electrons. The van der Waals surface area contributed by atoms with E-state index in [1.165, 1.54) is 67.9 Å². The number of amides is 1. The first-order valence-corrected chi connectivity index (χ1v) is 12.0. The maximum Gasteiger partial charge on any atom is 0.337 e. The maximum absolute atomic E-state index is 14.2. The van der Waals surface area contributed by atoms with E-state index in [9.17, 15) is 22.4 Å². The Morgan fingerprint density at radius 3 is 2.34 bits per heavy atom. The molecule has 1 amide bonds. The van der Waals surface area contributed by atoms with E-state index in [-0.39, 0.29) is 17.0 Å². The molecule has 0 atom stereocenters. The maximum atomic E-state index is 14.2. The molecule has 0 aliphatic rings. The van der Waals surface area contributed by atoms with Crippen LogP contribution in [0.25, 0.3) is 0 Å². The van der Waals surface area contributed by atoms with E-state index in [0.717, 1.165) is 4.31 Å². The van der Waals surface area contributed by atoms with Gasteiger partial charge in [-0.1, -0.05) is 41.9 Å². The third-order valence-corrected chi connectivity index (χ3v) is 6.87. The average Bonchev–Trinajstić information content (AvgIpc) is 2.85. The Kier molecular flexibility index (Phi) is 8.69. The van der Waals surface area contributed by atoms with Crippen molar-refractivity contribution >= 4 is 39.7 Å². The molecule has 3 aromatic carbocycles. The highest BCUT2D eigenvalue weighted by atomic mass is 35.5. The predicted molar refractivity (Wildman–Crippen MR) is 129 cm³/mol. The Bertz CT molecular complexity index is 1330. The quantitative estimate of drug-likeness (QED) is 0.265. The number of hydrogen-bond donors (Lipinski definition) is 1. The van der Waals surface area contributed by atoms with Crippen molar-refractivity contribution in [3.8, 4) is 0 Å². The second-order valence-corrected chi connectivity index (χ2v) is 9.60. The average molecular weight is 518 g/mol. The first-order chi connectivity index (χ1) is 16.7. The second kappa shape index (κ2) is 11.7. The zero-order chi connectivity index (χ0) is 25.4. The Balaban J connectivity index is 1.76. The van der Waals surface area contributed by atoms with Crippen LogP contribution in [0.5, 0.6) is 0 Å². The lowest BCUT2D eigenvalue weighted by molar-refractivity contribution is -0.121. The van der Waals surface area contributed by atoms with Gasteiger partial charge in [-0.25, -0.2) is 23.0 Å². The van der Waals surface area contributed by atoms with E-state index < -0.39 is 34.3 Å². The van der Waals surface area contributed by atoms with Crippen LogP contribution in [0.4, 0.5) is 4.39 Å². The van der Waals surface area contributed by atoms with Crippen LogP contribution in [0.1, 0.15) is 21.5 Å². The lowest BCUT2D eigenvalue weighted by Crippen LogP contribution is -2.39. The van der Waals surface area contributed by atoms with Crippen molar-refractivity contribution in [3.63, 3.8) is 0 Å². The number of nitrogens with zero attached hydrogens (tertiary/aromatic N) is 2. The molecule has 0 unspecified atom stereocenters. The van der Waals surface area contributed by atoms with Gasteiger partial charge in [-0.05, 0) is 48.0 Å². The Morgan fingerprint density at radius 1 is 1.06 bits per heavy atom. The first kappa shape index (κ1) is 26.0. The summed E-state index contributed by atoms with van der Waals surface area (Å²) >= 11 is 5.85. The molecule has 0 saturated heterocycles. The van der Waals surface area contributed by atoms with Crippen molar-refractivity contribution < 1.29 is 27.1 Å². The second-order valence-electron chi connectivity index (χ2n) is 7.23. The van der Waals surface area contributed by atoms with Gasteiger partial charge in [-0.2, -0.15) is 9.41 Å². The molecule has 0 aliphatic carbocycles. The largest absolute Gasteiger partial charge is 0.465 e. The number of hydrazone groups is 1. The number of esters is 1. The summed E-state index contributed by atoms with van der Waals surface area (Å²) in [5.74, 6) is -1.82. The molecular weight excluding hydrogens is 497 g/mol. The number of carbonyl (C=O) groups excluding carboxylic acids is 2. The summed E-state index contributed by atoms with van der Waals surface area (Å²) in [4.78, 5) is 23.9. The van der Waals surface area contributed by atoms with Gasteiger partial charge in [-0.3, -0.25) is 4.79 Å². The van der Waals surface area contributed by atoms with Crippen LogP contribution >= 0.6 is 11.6 Å². The van der Waals surface area contributed by atoms with Crippen LogP contribution in [0.15, 0.2) is 82.8 Å². The molecule has 0 aliphatic heterocycles. The fraction of sp³-hybridized carbons (Fsp3) is 0.125. The smallest absolute Gasteiger partial charge is 0.337 e. The summed E-state index contributed by atoms with van der Waals surface area (Å²) in [5, 5.41) is 4.17. The monoisotopic (exact) mass is 517 g/mol. The Hall–Kier alpha value is -3.60. The number of nitrogens with one attached hydrogen (secondary N) is 1. The summed E-state index contributed by atoms with van der Waals surface area (Å²) in [6.07, 6.45) is 1.33. The van der Waals surface area contributed by atoms with Gasteiger partial charge in [0.25, 0.3) is 5.91 Å². The molecule has 0 bridgehead atoms. The zero-order valence-electron chi connectivity index (χ0n) is 18.5. The van der Waals surface area contributed by atoms with Gasteiger partial charge in [0.15, 0.2) is 0 Å². The summed E-state index contributed by atoms with van der Waals surface area (Å²) < 4.78 is 46.1. The fourth-order valence-corrected chi connectivity index (χ4v) is 4.50. The predicted octanol–water partition coefficient (Wildman–Crippen LogP) is 3.61. The lowest BCUT2D eigenvalue weighted by Gasteiger charge is -2.21. The van der Waals surface area contributed by atoms with Crippen molar-refractivity contribution in [1.29, 1.82) is 0 Å². The number of halogens is 2. The molecule has 0 saturated carbocycles. The number of sulfonamides is 1. The summed E-state index contributed by atoms with van der Waals surface area (Å²) in [6, 6.07) is 17.4. The third kappa shape index (κ3) is 6.95. The Morgan fingerprint density at radius 2 is 1.71 bits per heavy atom. The van der Waals surface area contributed by atoms with E-state index in [4.69, 9.17) is 11.6 Å². The minimum atomic E-state index is -4.17. The van der Waals surface area contributed by atoms with Gasteiger partial charge in [0.2, 0.25) is 10.0 Å². The van der Waals surface area contributed by atoms with Crippen molar-refractivity contribution in [3.05, 3.63) is 100 Å². The van der Waals surface area contributed by atoms with Crippen LogP contribution in [0.2, 0.25) is 5.02 Å². The molecule has 3 aromatic rings. The van der Waals surface area contributed by atoms with Gasteiger partial charge < -0.3 is 4.74 Å². The van der Waals surface area contributed by atoms with E-state index in [1.807, 2.05) is 0 Å². The molecule has 0 fully saturated rings. The Labute approximate surface area is 207 Å². The lowest BCUT2D eigenvalue weighted by atomic mass is 10.1. The fourth-order valence-electron chi connectivity index (χ4n) is 3.00. The van der Waals surface area contributed by atoms with Crippen molar-refractivity contribution in [1.82, 2.24) is 9.73 Å². The van der Waals surface area contributed by atoms with Crippen LogP contribution in [0, 0.1) is 5.82 Å². The minimum Gasteiger partial charge on any atom is -0.465 e. The normalized spacial score (nSPS) is 11.5. The van der Waals surface area contributed by atoms with E-state index >= 15 is 0 Å². The topological polar surface area (TPSA) is 105 Å². The summed E-state index contributed by atoms with van der Waals surface area (Å²) in [6.45, 7) is -0.984. The molecule has 0 heterocycles. The van der Waals surface area contributed by atoms with Crippen molar-refractivity contribution in [2.45, 2.75) is 11.4 Å². The highest BCUT2D eigenvalue weighted by Crippen LogP contribution is 2.21. The standard InChI is InChI=1S/C24H21ClFN3O5S/c1-34-24(31)18-8-6-17(7-9-18)14-27-28-23(30)16-29(15-19-4-2-3-5-22(19)26)35(32,33)21-12-10-20(25)11-13-21/h2-14H,15-16H2,1H3,(H,28,30)/b27-14-. The molecule has 0 spiro atoms. The third-order valence-electron chi connectivity index (χ3n) is 4.81. The molecule has 182 valence electrons. The highest BCUT2D eigenvalue weighted by molar-refractivity contribution is 7.89. The number of carbonyl (C=O) groups is 2. The van der Waals surface area contributed by atoms with Gasteiger partial charge in [-0.15, -0.1) is 0 Å². The summed E-state index contributed by atoms with van der Waals surface area (Å²) in [5.41, 5.74) is 3.30. The molecule has 0 aromatic heterocycles. The number of benzene rings is 3. The molecule has 35 heavy (non-hydrogen) atoms. The highest BCUT2D eigenvalue weighted by Gasteiger charge is 2.27.